The van der Waals surface area contributed by atoms with Gasteiger partial charge in [-0.05, 0) is 220 Å². The molecule has 1 aliphatic rings. The number of anilines is 2. The summed E-state index contributed by atoms with van der Waals surface area (Å²) in [7, 11) is 0. The van der Waals surface area contributed by atoms with Crippen LogP contribution in [0.3, 0.4) is 0 Å². The van der Waals surface area contributed by atoms with Crippen LogP contribution in [0, 0.1) is 5.41 Å². The van der Waals surface area contributed by atoms with Crippen LogP contribution in [0.15, 0.2) is 338 Å². The number of allylic oxidation sites excluding steroid dienone is 4. The third kappa shape index (κ3) is 12.4. The highest BCUT2D eigenvalue weighted by Gasteiger charge is 2.28. The minimum atomic E-state index is 0.0960. The molecule has 0 saturated carbocycles. The Bertz CT molecular complexity index is 5110. The number of aromatic nitrogens is 1. The van der Waals surface area contributed by atoms with Gasteiger partial charge < -0.3 is 9.47 Å². The van der Waals surface area contributed by atoms with Crippen molar-refractivity contribution in [3.8, 4) is 94.7 Å². The molecule has 0 aliphatic heterocycles. The second-order valence-corrected chi connectivity index (χ2v) is 27.6. The number of hydrogen-bond acceptors (Lipinski definition) is 4. The van der Waals surface area contributed by atoms with Crippen molar-refractivity contribution in [2.75, 3.05) is 4.90 Å². The van der Waals surface area contributed by atoms with Crippen molar-refractivity contribution in [3.05, 3.63) is 350 Å². The number of thiol groups is 1. The first-order valence-corrected chi connectivity index (χ1v) is 33.8. The van der Waals surface area contributed by atoms with Gasteiger partial charge >= 0.3 is 0 Å². The summed E-state index contributed by atoms with van der Waals surface area (Å²) >= 11 is 4.66. The molecule has 0 saturated heterocycles. The molecular weight excluding hydrogens is 1190 g/mol. The zero-order valence-electron chi connectivity index (χ0n) is 55.5. The summed E-state index contributed by atoms with van der Waals surface area (Å²) in [6, 6.07) is 114. The van der Waals surface area contributed by atoms with E-state index in [9.17, 15) is 5.41 Å². The van der Waals surface area contributed by atoms with Gasteiger partial charge in [0.1, 0.15) is 5.71 Å². The summed E-state index contributed by atoms with van der Waals surface area (Å²) in [6.07, 6.45) is 4.14. The van der Waals surface area contributed by atoms with Crippen LogP contribution < -0.4 is 4.90 Å². The van der Waals surface area contributed by atoms with Crippen molar-refractivity contribution in [2.24, 2.45) is 4.40 Å². The fraction of sp³-hybridized carbons (Fsp3) is 0.0870. The topological polar surface area (TPSA) is 44.4 Å². The summed E-state index contributed by atoms with van der Waals surface area (Å²) in [6.45, 7) is 13.6. The number of hydrogen-bond donors (Lipinski definition) is 2. The zero-order valence-corrected chi connectivity index (χ0v) is 56.4. The number of rotatable bonds is 13. The Kier molecular flexibility index (Phi) is 16.4. The number of benzene rings is 13. The molecule has 0 spiro atoms. The van der Waals surface area contributed by atoms with E-state index < -0.39 is 0 Å². The molecule has 1 heterocycles. The van der Waals surface area contributed by atoms with Crippen LogP contribution in [-0.4, -0.2) is 16.0 Å². The van der Waals surface area contributed by atoms with Gasteiger partial charge in [-0.15, -0.1) is 0 Å². The first kappa shape index (κ1) is 61.8. The van der Waals surface area contributed by atoms with Crippen molar-refractivity contribution in [1.29, 1.82) is 5.41 Å². The Morgan fingerprint density at radius 3 is 0.969 bits per heavy atom. The van der Waals surface area contributed by atoms with E-state index in [1.165, 1.54) is 44.2 Å². The predicted molar refractivity (Wildman–Crippen MR) is 417 cm³/mol. The standard InChI is InChI=1S/C92H74N4S/c1-91(2,3)78-42-30-66(31-43-78)64-22-26-69(27-23-64)73-40-53-86-84(59-73)85-60-74(70-28-24-65(25-29-70)67-32-44-79(45-33-67)92(4,5)6)41-54-87(85)96(86)82-50-38-72(39-51-82)83-52-55-88(90(94-97)89(83)93)95(80-46-34-68(35-47-80)61-16-10-7-11-17-61)81-48-36-71(37-49-81)77-57-75(62-18-12-8-13-19-62)56-76(58-77)63-20-14-9-15-21-63/h7-60,93,97H,1-6H3/b93-89?,94-90-. The van der Waals surface area contributed by atoms with Crippen molar-refractivity contribution in [3.63, 3.8) is 0 Å². The molecule has 0 amide bonds. The lowest BCUT2D eigenvalue weighted by atomic mass is 9.86. The molecule has 1 aromatic heterocycles. The minimum Gasteiger partial charge on any atom is -0.309 e. The van der Waals surface area contributed by atoms with Crippen molar-refractivity contribution in [2.45, 2.75) is 52.4 Å². The normalized spacial score (nSPS) is 13.1. The van der Waals surface area contributed by atoms with Crippen LogP contribution in [0.25, 0.3) is 122 Å². The maximum atomic E-state index is 10.0. The summed E-state index contributed by atoms with van der Waals surface area (Å²) in [5, 5.41) is 12.3. The monoisotopic (exact) mass is 1270 g/mol. The Morgan fingerprint density at radius 1 is 0.309 bits per heavy atom. The molecule has 1 N–H and O–H groups in total. The highest BCUT2D eigenvalue weighted by Crippen LogP contribution is 2.42. The van der Waals surface area contributed by atoms with Crippen molar-refractivity contribution in [1.82, 2.24) is 4.57 Å². The van der Waals surface area contributed by atoms with Gasteiger partial charge in [-0.2, -0.15) is 0 Å². The third-order valence-electron chi connectivity index (χ3n) is 19.1. The molecule has 0 unspecified atom stereocenters. The van der Waals surface area contributed by atoms with Gasteiger partial charge in [0, 0.05) is 33.4 Å². The summed E-state index contributed by atoms with van der Waals surface area (Å²) < 4.78 is 7.02. The van der Waals surface area contributed by atoms with Gasteiger partial charge in [-0.1, -0.05) is 278 Å². The van der Waals surface area contributed by atoms with E-state index >= 15 is 0 Å². The second-order valence-electron chi connectivity index (χ2n) is 27.4. The molecule has 5 heteroatoms. The molecule has 13 aromatic carbocycles. The van der Waals surface area contributed by atoms with E-state index in [2.05, 4.69) is 390 Å². The predicted octanol–water partition coefficient (Wildman–Crippen LogP) is 25.1. The smallest absolute Gasteiger partial charge is 0.121 e. The van der Waals surface area contributed by atoms with Crippen molar-refractivity contribution < 1.29 is 0 Å². The lowest BCUT2D eigenvalue weighted by Crippen LogP contribution is -2.30. The second kappa shape index (κ2) is 25.7. The SMILES string of the molecule is CC(C)(C)c1ccc(-c2ccc(-c3ccc4c(c3)c3cc(-c5ccc(-c6ccc(C(C)(C)C)cc6)cc5)ccc3n4-c3ccc(C4=CC=C(N(c5ccc(-c6ccccc6)cc5)c5ccc(-c6cc(-c7ccccc7)cc(-c7ccccc7)c6)cc5)/C(=N/S)C4=N)cc3)cc2)cc1. The van der Waals surface area contributed by atoms with Crippen LogP contribution in [0.1, 0.15) is 58.2 Å². The molecule has 0 atom stereocenters. The molecule has 0 bridgehead atoms. The maximum Gasteiger partial charge on any atom is 0.121 e. The number of fused-ring (bicyclic) bond motifs is 3. The molecule has 97 heavy (non-hydrogen) atoms. The Hall–Kier alpha value is -11.4. The fourth-order valence-corrected chi connectivity index (χ4v) is 13.8. The van der Waals surface area contributed by atoms with Crippen LogP contribution in [0.4, 0.5) is 11.4 Å². The van der Waals surface area contributed by atoms with Crippen LogP contribution in [0.5, 0.6) is 0 Å². The average Bonchev–Trinajstić information content (AvgIpc) is 1.64. The molecule has 0 radical (unpaired) electrons. The van der Waals surface area contributed by atoms with Gasteiger partial charge in [-0.3, -0.25) is 5.41 Å². The summed E-state index contributed by atoms with van der Waals surface area (Å²) in [5.74, 6) is 0. The van der Waals surface area contributed by atoms with E-state index in [0.29, 0.717) is 5.71 Å². The van der Waals surface area contributed by atoms with Gasteiger partial charge in [0.15, 0.2) is 0 Å². The van der Waals surface area contributed by atoms with Gasteiger partial charge in [0.05, 0.1) is 22.4 Å². The third-order valence-corrected chi connectivity index (χ3v) is 19.3. The van der Waals surface area contributed by atoms with E-state index in [4.69, 9.17) is 0 Å². The lowest BCUT2D eigenvalue weighted by Gasteiger charge is -2.31. The number of nitrogens with one attached hydrogen (secondary N) is 1. The summed E-state index contributed by atoms with van der Waals surface area (Å²) in [4.78, 5) is 2.19. The first-order chi connectivity index (χ1) is 47.2. The quantitative estimate of drug-likeness (QED) is 0.0877. The van der Waals surface area contributed by atoms with Crippen LogP contribution in [0.2, 0.25) is 0 Å². The largest absolute Gasteiger partial charge is 0.309 e. The van der Waals surface area contributed by atoms with E-state index in [0.717, 1.165) is 112 Å². The zero-order chi connectivity index (χ0) is 66.4. The van der Waals surface area contributed by atoms with Crippen LogP contribution in [-0.2, 0) is 10.8 Å². The molecule has 1 aliphatic carbocycles. The Labute approximate surface area is 575 Å². The molecule has 468 valence electrons. The van der Waals surface area contributed by atoms with Crippen LogP contribution >= 0.6 is 12.8 Å². The first-order valence-electron chi connectivity index (χ1n) is 33.4. The summed E-state index contributed by atoms with van der Waals surface area (Å²) in [5.41, 5.74) is 29.6. The lowest BCUT2D eigenvalue weighted by molar-refractivity contribution is 0.590. The number of nitrogens with zero attached hydrogens (tertiary/aromatic N) is 3. The highest BCUT2D eigenvalue weighted by atomic mass is 32.1. The molecular formula is C92H74N4S. The fourth-order valence-electron chi connectivity index (χ4n) is 13.6. The Balaban J connectivity index is 0.784. The molecule has 0 fully saturated rings. The van der Waals surface area contributed by atoms with Gasteiger partial charge in [0.2, 0.25) is 0 Å². The molecule has 14 aromatic rings. The highest BCUT2D eigenvalue weighted by molar-refractivity contribution is 7.79. The van der Waals surface area contributed by atoms with E-state index in [1.807, 2.05) is 6.07 Å². The van der Waals surface area contributed by atoms with Crippen molar-refractivity contribution >= 4 is 63.0 Å². The van der Waals surface area contributed by atoms with E-state index in [-0.39, 0.29) is 16.5 Å². The molecule has 15 rings (SSSR count). The Morgan fingerprint density at radius 2 is 0.608 bits per heavy atom. The maximum absolute atomic E-state index is 10.0. The minimum absolute atomic E-state index is 0.0960. The molecule has 4 nitrogen and oxygen atoms in total. The van der Waals surface area contributed by atoms with Gasteiger partial charge in [-0.25, -0.2) is 4.40 Å². The average molecular weight is 1270 g/mol. The van der Waals surface area contributed by atoms with Gasteiger partial charge in [0.25, 0.3) is 0 Å². The van der Waals surface area contributed by atoms with E-state index in [1.54, 1.807) is 0 Å².